The number of benzene rings is 1. The number of nitrogens with one attached hydrogen (secondary N) is 1. The Bertz CT molecular complexity index is 635. The van der Waals surface area contributed by atoms with Crippen molar-refractivity contribution >= 4 is 17.6 Å². The number of carbonyl (C=O) groups is 1. The number of ether oxygens (including phenoxy) is 2. The van der Waals surface area contributed by atoms with Gasteiger partial charge in [-0.15, -0.1) is 0 Å². The number of aromatic nitrogens is 1. The fraction of sp³-hybridized carbons (Fsp3) is 0.0833. The van der Waals surface area contributed by atoms with Crippen molar-refractivity contribution in [2.45, 2.75) is 0 Å². The van der Waals surface area contributed by atoms with Gasteiger partial charge in [-0.1, -0.05) is 11.6 Å². The molecule has 6 heteroatoms. The maximum Gasteiger partial charge on any atom is 0.337 e. The summed E-state index contributed by atoms with van der Waals surface area (Å²) in [5, 5.41) is 9.47. The van der Waals surface area contributed by atoms with E-state index in [1.165, 1.54) is 6.20 Å². The zero-order valence-electron chi connectivity index (χ0n) is 9.07. The van der Waals surface area contributed by atoms with E-state index in [0.717, 1.165) is 0 Å². The van der Waals surface area contributed by atoms with E-state index >= 15 is 0 Å². The number of hydrogen-bond donors (Lipinski definition) is 2. The summed E-state index contributed by atoms with van der Waals surface area (Å²) in [6.45, 7) is 0.122. The average molecular weight is 266 g/mol. The number of halogens is 1. The summed E-state index contributed by atoms with van der Waals surface area (Å²) in [5.74, 6) is 0.0166. The Morgan fingerprint density at radius 3 is 2.94 bits per heavy atom. The van der Waals surface area contributed by atoms with Gasteiger partial charge in [-0.25, -0.2) is 4.79 Å². The maximum atomic E-state index is 11.1. The van der Waals surface area contributed by atoms with Gasteiger partial charge in [0.15, 0.2) is 11.5 Å². The average Bonchev–Trinajstić information content (AvgIpc) is 2.97. The molecule has 92 valence electrons. The van der Waals surface area contributed by atoms with Gasteiger partial charge in [-0.3, -0.25) is 0 Å². The third-order valence-electron chi connectivity index (χ3n) is 2.71. The number of aromatic carboxylic acids is 1. The van der Waals surface area contributed by atoms with E-state index in [1.54, 1.807) is 18.3 Å². The number of aromatic amines is 1. The van der Waals surface area contributed by atoms with Crippen LogP contribution in [0.3, 0.4) is 0 Å². The van der Waals surface area contributed by atoms with Gasteiger partial charge < -0.3 is 19.6 Å². The molecule has 1 aliphatic rings. The maximum absolute atomic E-state index is 11.1. The number of rotatable bonds is 2. The lowest BCUT2D eigenvalue weighted by molar-refractivity contribution is 0.0698. The highest BCUT2D eigenvalue weighted by Gasteiger charge is 2.21. The van der Waals surface area contributed by atoms with Crippen LogP contribution in [0, 0.1) is 0 Å². The number of carboxylic acids is 1. The van der Waals surface area contributed by atoms with Crippen molar-refractivity contribution in [2.24, 2.45) is 0 Å². The van der Waals surface area contributed by atoms with E-state index in [1.807, 2.05) is 0 Å². The quantitative estimate of drug-likeness (QED) is 0.876. The first-order valence-electron chi connectivity index (χ1n) is 5.16. The number of carboxylic acid groups (broad SMARTS) is 1. The minimum absolute atomic E-state index is 0.122. The smallest absolute Gasteiger partial charge is 0.337 e. The van der Waals surface area contributed by atoms with Gasteiger partial charge in [0.25, 0.3) is 0 Å². The third kappa shape index (κ3) is 1.60. The fourth-order valence-corrected chi connectivity index (χ4v) is 2.17. The minimum Gasteiger partial charge on any atom is -0.478 e. The predicted molar refractivity (Wildman–Crippen MR) is 64.3 cm³/mol. The molecule has 0 aliphatic carbocycles. The summed E-state index contributed by atoms with van der Waals surface area (Å²) >= 11 is 6.06. The monoisotopic (exact) mass is 265 g/mol. The van der Waals surface area contributed by atoms with Gasteiger partial charge in [0.05, 0.1) is 10.6 Å². The van der Waals surface area contributed by atoms with Gasteiger partial charge >= 0.3 is 5.97 Å². The first kappa shape index (κ1) is 11.0. The molecule has 5 nitrogen and oxygen atoms in total. The molecule has 0 fully saturated rings. The summed E-state index contributed by atoms with van der Waals surface area (Å²) in [5.41, 5.74) is 1.41. The van der Waals surface area contributed by atoms with Crippen LogP contribution in [0.5, 0.6) is 11.5 Å². The van der Waals surface area contributed by atoms with Crippen molar-refractivity contribution in [1.82, 2.24) is 4.98 Å². The third-order valence-corrected chi connectivity index (χ3v) is 2.99. The normalized spacial score (nSPS) is 12.7. The van der Waals surface area contributed by atoms with Crippen LogP contribution in [-0.2, 0) is 0 Å². The molecule has 0 radical (unpaired) electrons. The van der Waals surface area contributed by atoms with Crippen molar-refractivity contribution in [3.63, 3.8) is 0 Å². The summed E-state index contributed by atoms with van der Waals surface area (Å²) in [6, 6.07) is 3.37. The van der Waals surface area contributed by atoms with Gasteiger partial charge in [-0.2, -0.15) is 0 Å². The highest BCUT2D eigenvalue weighted by atomic mass is 35.5. The van der Waals surface area contributed by atoms with Crippen molar-refractivity contribution in [3.8, 4) is 22.6 Å². The molecule has 0 saturated carbocycles. The molecule has 0 amide bonds. The molecular formula is C12H8ClNO4. The van der Waals surface area contributed by atoms with E-state index < -0.39 is 5.97 Å². The SMILES string of the molecule is O=C(O)c1c[nH]cc1-c1cc(Cl)c2c(c1)OCO2. The molecule has 18 heavy (non-hydrogen) atoms. The van der Waals surface area contributed by atoms with Gasteiger partial charge in [0.1, 0.15) is 0 Å². The topological polar surface area (TPSA) is 71.5 Å². The fourth-order valence-electron chi connectivity index (χ4n) is 1.90. The molecule has 0 unspecified atom stereocenters. The molecule has 0 saturated heterocycles. The van der Waals surface area contributed by atoms with E-state index in [0.29, 0.717) is 27.6 Å². The summed E-state index contributed by atoms with van der Waals surface area (Å²) in [6.07, 6.45) is 3.04. The van der Waals surface area contributed by atoms with Crippen molar-refractivity contribution < 1.29 is 19.4 Å². The standard InChI is InChI=1S/C12H8ClNO4/c13-9-1-6(2-10-11(9)18-5-17-10)7-3-14-4-8(7)12(15)16/h1-4,14H,5H2,(H,15,16). The number of hydrogen-bond acceptors (Lipinski definition) is 3. The molecule has 2 heterocycles. The number of fused-ring (bicyclic) bond motifs is 1. The van der Waals surface area contributed by atoms with E-state index in [2.05, 4.69) is 4.98 Å². The van der Waals surface area contributed by atoms with Crippen LogP contribution in [0.1, 0.15) is 10.4 Å². The second kappa shape index (κ2) is 3.96. The predicted octanol–water partition coefficient (Wildman–Crippen LogP) is 2.76. The van der Waals surface area contributed by atoms with Crippen LogP contribution >= 0.6 is 11.6 Å². The highest BCUT2D eigenvalue weighted by Crippen LogP contribution is 2.42. The molecule has 2 aromatic rings. The molecule has 1 aromatic heterocycles. The van der Waals surface area contributed by atoms with E-state index in [-0.39, 0.29) is 12.4 Å². The van der Waals surface area contributed by atoms with Crippen molar-refractivity contribution in [2.75, 3.05) is 6.79 Å². The Labute approximate surface area is 107 Å². The second-order valence-electron chi connectivity index (χ2n) is 3.78. The molecule has 3 rings (SSSR count). The lowest BCUT2D eigenvalue weighted by atomic mass is 10.0. The first-order valence-corrected chi connectivity index (χ1v) is 5.54. The zero-order chi connectivity index (χ0) is 12.7. The first-order chi connectivity index (χ1) is 8.66. The Balaban J connectivity index is 2.15. The second-order valence-corrected chi connectivity index (χ2v) is 4.19. The largest absolute Gasteiger partial charge is 0.478 e. The lowest BCUT2D eigenvalue weighted by Crippen LogP contribution is -1.96. The Morgan fingerprint density at radius 2 is 2.17 bits per heavy atom. The molecule has 0 atom stereocenters. The Hall–Kier alpha value is -2.14. The van der Waals surface area contributed by atoms with Crippen molar-refractivity contribution in [1.29, 1.82) is 0 Å². The zero-order valence-corrected chi connectivity index (χ0v) is 9.82. The van der Waals surface area contributed by atoms with Crippen LogP contribution in [0.2, 0.25) is 5.02 Å². The van der Waals surface area contributed by atoms with Crippen LogP contribution < -0.4 is 9.47 Å². The summed E-state index contributed by atoms with van der Waals surface area (Å²) in [7, 11) is 0. The summed E-state index contributed by atoms with van der Waals surface area (Å²) < 4.78 is 10.5. The Morgan fingerprint density at radius 1 is 1.33 bits per heavy atom. The highest BCUT2D eigenvalue weighted by molar-refractivity contribution is 6.32. The van der Waals surface area contributed by atoms with E-state index in [9.17, 15) is 4.79 Å². The molecule has 1 aromatic carbocycles. The van der Waals surface area contributed by atoms with Crippen LogP contribution in [-0.4, -0.2) is 22.9 Å². The minimum atomic E-state index is -1.000. The van der Waals surface area contributed by atoms with Crippen molar-refractivity contribution in [3.05, 3.63) is 35.1 Å². The lowest BCUT2D eigenvalue weighted by Gasteiger charge is -2.04. The molecule has 0 spiro atoms. The Kier molecular flexibility index (Phi) is 2.41. The van der Waals surface area contributed by atoms with Gasteiger partial charge in [0, 0.05) is 18.0 Å². The molecule has 2 N–H and O–H groups in total. The molecule has 0 bridgehead atoms. The van der Waals surface area contributed by atoms with E-state index in [4.69, 9.17) is 26.2 Å². The summed E-state index contributed by atoms with van der Waals surface area (Å²) in [4.78, 5) is 13.8. The van der Waals surface area contributed by atoms with Gasteiger partial charge in [0.2, 0.25) is 6.79 Å². The van der Waals surface area contributed by atoms with Crippen LogP contribution in [0.4, 0.5) is 0 Å². The number of H-pyrrole nitrogens is 1. The van der Waals surface area contributed by atoms with Crippen LogP contribution in [0.25, 0.3) is 11.1 Å². The molecule has 1 aliphatic heterocycles. The molecular weight excluding hydrogens is 258 g/mol. The van der Waals surface area contributed by atoms with Crippen LogP contribution in [0.15, 0.2) is 24.5 Å². The van der Waals surface area contributed by atoms with Gasteiger partial charge in [-0.05, 0) is 17.7 Å².